The highest BCUT2D eigenvalue weighted by Crippen LogP contribution is 2.14. The average Bonchev–Trinajstić information content (AvgIpc) is 2.50. The molecule has 2 aromatic carbocycles. The minimum Gasteiger partial charge on any atom is -0.263 e. The highest BCUT2D eigenvalue weighted by molar-refractivity contribution is 7.86. The lowest BCUT2D eigenvalue weighted by Crippen LogP contribution is -2.06. The van der Waals surface area contributed by atoms with Crippen LogP contribution in [-0.2, 0) is 14.4 Å². The Bertz CT molecular complexity index is 836. The number of nitrogens with zero attached hydrogens (tertiary/aromatic N) is 2. The van der Waals surface area contributed by atoms with Crippen molar-refractivity contribution in [2.75, 3.05) is 0 Å². The molecule has 0 aliphatic rings. The van der Waals surface area contributed by atoms with Crippen molar-refractivity contribution < 1.29 is 17.1 Å². The molecule has 0 saturated carbocycles. The molecule has 2 rings (SSSR count). The van der Waals surface area contributed by atoms with Gasteiger partial charge >= 0.3 is 10.1 Å². The number of halogens is 1. The third-order valence-electron chi connectivity index (χ3n) is 2.76. The fourth-order valence-electron chi connectivity index (χ4n) is 1.58. The second-order valence-electron chi connectivity index (χ2n) is 4.40. The number of rotatable bonds is 4. The van der Waals surface area contributed by atoms with E-state index in [9.17, 15) is 12.8 Å². The fourth-order valence-corrected chi connectivity index (χ4v) is 2.31. The zero-order chi connectivity index (χ0) is 16.2. The Hall–Kier alpha value is -2.72. The average molecular weight is 318 g/mol. The van der Waals surface area contributed by atoms with E-state index in [0.29, 0.717) is 0 Å². The Kier molecular flexibility index (Phi) is 4.53. The molecule has 0 spiro atoms. The number of oxime groups is 1. The largest absolute Gasteiger partial charge is 0.358 e. The van der Waals surface area contributed by atoms with E-state index in [4.69, 9.17) is 5.26 Å². The Morgan fingerprint density at radius 1 is 1.14 bits per heavy atom. The van der Waals surface area contributed by atoms with E-state index >= 15 is 0 Å². The van der Waals surface area contributed by atoms with Crippen molar-refractivity contribution in [1.82, 2.24) is 0 Å². The zero-order valence-electron chi connectivity index (χ0n) is 11.5. The maximum atomic E-state index is 12.8. The molecule has 0 amide bonds. The van der Waals surface area contributed by atoms with Gasteiger partial charge in [-0.15, -0.1) is 0 Å². The van der Waals surface area contributed by atoms with E-state index in [2.05, 4.69) is 9.44 Å². The van der Waals surface area contributed by atoms with Gasteiger partial charge in [-0.05, 0) is 43.3 Å². The molecule has 0 aromatic heterocycles. The van der Waals surface area contributed by atoms with Crippen LogP contribution in [0.15, 0.2) is 58.6 Å². The van der Waals surface area contributed by atoms with Crippen LogP contribution in [0.2, 0.25) is 0 Å². The van der Waals surface area contributed by atoms with Crippen LogP contribution in [0.5, 0.6) is 0 Å². The van der Waals surface area contributed by atoms with Crippen LogP contribution in [0.3, 0.4) is 0 Å². The topological polar surface area (TPSA) is 79.5 Å². The van der Waals surface area contributed by atoms with Gasteiger partial charge in [-0.3, -0.25) is 4.28 Å². The monoisotopic (exact) mass is 318 g/mol. The normalized spacial score (nSPS) is 11.8. The fraction of sp³-hybridized carbons (Fsp3) is 0.0667. The summed E-state index contributed by atoms with van der Waals surface area (Å²) in [6.45, 7) is 1.82. The molecule has 0 aliphatic heterocycles. The second kappa shape index (κ2) is 6.37. The van der Waals surface area contributed by atoms with Crippen molar-refractivity contribution in [3.05, 3.63) is 65.5 Å². The Morgan fingerprint density at radius 2 is 1.73 bits per heavy atom. The summed E-state index contributed by atoms with van der Waals surface area (Å²) >= 11 is 0. The molecule has 0 unspecified atom stereocenters. The molecule has 0 radical (unpaired) electrons. The van der Waals surface area contributed by atoms with Crippen LogP contribution in [0.25, 0.3) is 0 Å². The summed E-state index contributed by atoms with van der Waals surface area (Å²) in [6, 6.07) is 12.6. The standard InChI is InChI=1S/C15H11FN2O3S/c1-11-2-8-14(9-3-11)22(19,20)21-18-15(10-17)12-4-6-13(16)7-5-12/h2-9H,1H3. The van der Waals surface area contributed by atoms with Gasteiger partial charge < -0.3 is 0 Å². The van der Waals surface area contributed by atoms with Gasteiger partial charge in [0.25, 0.3) is 0 Å². The Balaban J connectivity index is 2.26. The minimum absolute atomic E-state index is 0.0711. The maximum absolute atomic E-state index is 12.8. The minimum atomic E-state index is -4.11. The van der Waals surface area contributed by atoms with E-state index in [0.717, 1.165) is 17.7 Å². The smallest absolute Gasteiger partial charge is 0.263 e. The second-order valence-corrected chi connectivity index (χ2v) is 5.93. The van der Waals surface area contributed by atoms with Gasteiger partial charge in [0.05, 0.1) is 0 Å². The van der Waals surface area contributed by atoms with Crippen LogP contribution < -0.4 is 0 Å². The van der Waals surface area contributed by atoms with Gasteiger partial charge in [0, 0.05) is 5.56 Å². The molecule has 0 heterocycles. The summed E-state index contributed by atoms with van der Waals surface area (Å²) in [6.07, 6.45) is 0. The van der Waals surface area contributed by atoms with Gasteiger partial charge in [-0.25, -0.2) is 4.39 Å². The molecule has 0 bridgehead atoms. The SMILES string of the molecule is Cc1ccc(S(=O)(=O)ON=C(C#N)c2ccc(F)cc2)cc1. The number of nitriles is 1. The van der Waals surface area contributed by atoms with E-state index in [1.165, 1.54) is 24.3 Å². The number of aryl methyl sites for hydroxylation is 1. The first-order valence-electron chi connectivity index (χ1n) is 6.17. The predicted octanol–water partition coefficient (Wildman–Crippen LogP) is 2.77. The molecular formula is C15H11FN2O3S. The van der Waals surface area contributed by atoms with Gasteiger partial charge in [-0.2, -0.15) is 13.7 Å². The molecular weight excluding hydrogens is 307 g/mol. The van der Waals surface area contributed by atoms with E-state index < -0.39 is 15.9 Å². The van der Waals surface area contributed by atoms with Gasteiger partial charge in [0.2, 0.25) is 0 Å². The van der Waals surface area contributed by atoms with Crippen molar-refractivity contribution in [3.63, 3.8) is 0 Å². The lowest BCUT2D eigenvalue weighted by Gasteiger charge is -2.03. The van der Waals surface area contributed by atoms with Crippen LogP contribution in [0, 0.1) is 24.1 Å². The van der Waals surface area contributed by atoms with Crippen LogP contribution in [0.1, 0.15) is 11.1 Å². The number of hydrogen-bond acceptors (Lipinski definition) is 5. The van der Waals surface area contributed by atoms with Gasteiger partial charge in [0.1, 0.15) is 16.8 Å². The van der Waals surface area contributed by atoms with Crippen molar-refractivity contribution in [1.29, 1.82) is 5.26 Å². The van der Waals surface area contributed by atoms with Crippen molar-refractivity contribution in [3.8, 4) is 6.07 Å². The Morgan fingerprint density at radius 3 is 2.27 bits per heavy atom. The summed E-state index contributed by atoms with van der Waals surface area (Å²) in [4.78, 5) is -0.0711. The van der Waals surface area contributed by atoms with Crippen LogP contribution in [0.4, 0.5) is 4.39 Å². The third-order valence-corrected chi connectivity index (χ3v) is 3.88. The molecule has 0 N–H and O–H groups in total. The van der Waals surface area contributed by atoms with Crippen LogP contribution in [-0.4, -0.2) is 14.1 Å². The van der Waals surface area contributed by atoms with E-state index in [1.54, 1.807) is 18.2 Å². The van der Waals surface area contributed by atoms with Crippen molar-refractivity contribution >= 4 is 15.8 Å². The summed E-state index contributed by atoms with van der Waals surface area (Å²) in [7, 11) is -4.11. The van der Waals surface area contributed by atoms with Crippen molar-refractivity contribution in [2.24, 2.45) is 5.16 Å². The molecule has 22 heavy (non-hydrogen) atoms. The first kappa shape index (κ1) is 15.7. The number of benzene rings is 2. The quantitative estimate of drug-likeness (QED) is 0.641. The summed E-state index contributed by atoms with van der Waals surface area (Å²) in [5.74, 6) is -0.478. The van der Waals surface area contributed by atoms with Crippen molar-refractivity contribution in [2.45, 2.75) is 11.8 Å². The lowest BCUT2D eigenvalue weighted by molar-refractivity contribution is 0.339. The maximum Gasteiger partial charge on any atom is 0.358 e. The van der Waals surface area contributed by atoms with E-state index in [1.807, 2.05) is 6.92 Å². The molecule has 2 aromatic rings. The molecule has 0 aliphatic carbocycles. The first-order chi connectivity index (χ1) is 10.4. The van der Waals surface area contributed by atoms with E-state index in [-0.39, 0.29) is 16.2 Å². The Labute approximate surface area is 127 Å². The summed E-state index contributed by atoms with van der Waals surface area (Å²) < 4.78 is 41.3. The molecule has 0 atom stereocenters. The molecule has 7 heteroatoms. The lowest BCUT2D eigenvalue weighted by atomic mass is 10.1. The highest BCUT2D eigenvalue weighted by atomic mass is 32.2. The third kappa shape index (κ3) is 3.68. The molecule has 0 saturated heterocycles. The van der Waals surface area contributed by atoms with Gasteiger partial charge in [-0.1, -0.05) is 22.9 Å². The molecule has 5 nitrogen and oxygen atoms in total. The number of hydrogen-bond donors (Lipinski definition) is 0. The van der Waals surface area contributed by atoms with Crippen LogP contribution >= 0.6 is 0 Å². The molecule has 112 valence electrons. The summed E-state index contributed by atoms with van der Waals surface area (Å²) in [5, 5.41) is 12.4. The molecule has 0 fully saturated rings. The first-order valence-corrected chi connectivity index (χ1v) is 7.57. The predicted molar refractivity (Wildman–Crippen MR) is 78.0 cm³/mol. The summed E-state index contributed by atoms with van der Waals surface area (Å²) in [5.41, 5.74) is 0.880. The zero-order valence-corrected chi connectivity index (χ0v) is 12.3. The van der Waals surface area contributed by atoms with Gasteiger partial charge in [0.15, 0.2) is 5.71 Å². The highest BCUT2D eigenvalue weighted by Gasteiger charge is 2.16.